The smallest absolute Gasteiger partial charge is 0.246 e. The lowest BCUT2D eigenvalue weighted by Gasteiger charge is -2.34. The van der Waals surface area contributed by atoms with Crippen LogP contribution in [0.15, 0.2) is 59.5 Å². The van der Waals surface area contributed by atoms with Gasteiger partial charge in [-0.1, -0.05) is 42.5 Å². The average Bonchev–Trinajstić information content (AvgIpc) is 2.72. The van der Waals surface area contributed by atoms with Crippen molar-refractivity contribution in [2.75, 3.05) is 26.2 Å². The summed E-state index contributed by atoms with van der Waals surface area (Å²) >= 11 is 0. The molecule has 0 unspecified atom stereocenters. The lowest BCUT2D eigenvalue weighted by atomic mass is 10.1. The SMILES string of the molecule is O=C(CCC(=O)N1CCN(S(=O)(=O)c2ccccc2F)CC1)c1ccccc1. The van der Waals surface area contributed by atoms with E-state index in [9.17, 15) is 22.4 Å². The first-order valence-electron chi connectivity index (χ1n) is 9.00. The van der Waals surface area contributed by atoms with E-state index < -0.39 is 15.8 Å². The van der Waals surface area contributed by atoms with Crippen molar-refractivity contribution >= 4 is 21.7 Å². The molecular weight excluding hydrogens is 383 g/mol. The summed E-state index contributed by atoms with van der Waals surface area (Å²) in [5, 5.41) is 0. The van der Waals surface area contributed by atoms with E-state index in [1.165, 1.54) is 22.5 Å². The Labute approximate surface area is 163 Å². The first-order chi connectivity index (χ1) is 13.4. The van der Waals surface area contributed by atoms with Gasteiger partial charge in [-0.2, -0.15) is 4.31 Å². The van der Waals surface area contributed by atoms with Gasteiger partial charge in [0.15, 0.2) is 5.78 Å². The van der Waals surface area contributed by atoms with Crippen LogP contribution in [-0.2, 0) is 14.8 Å². The van der Waals surface area contributed by atoms with Gasteiger partial charge in [0.2, 0.25) is 15.9 Å². The number of carbonyl (C=O) groups is 2. The molecule has 1 fully saturated rings. The lowest BCUT2D eigenvalue weighted by Crippen LogP contribution is -2.50. The molecule has 1 amide bonds. The molecule has 0 N–H and O–H groups in total. The van der Waals surface area contributed by atoms with Crippen molar-refractivity contribution in [3.8, 4) is 0 Å². The summed E-state index contributed by atoms with van der Waals surface area (Å²) in [6.45, 7) is 0.613. The number of halogens is 1. The number of ketones is 1. The van der Waals surface area contributed by atoms with Gasteiger partial charge in [0.05, 0.1) is 0 Å². The molecule has 6 nitrogen and oxygen atoms in total. The molecule has 28 heavy (non-hydrogen) atoms. The molecule has 1 aliphatic heterocycles. The monoisotopic (exact) mass is 404 g/mol. The van der Waals surface area contributed by atoms with E-state index in [2.05, 4.69) is 0 Å². The van der Waals surface area contributed by atoms with E-state index in [0.29, 0.717) is 5.56 Å². The molecule has 0 saturated carbocycles. The Morgan fingerprint density at radius 2 is 1.46 bits per heavy atom. The van der Waals surface area contributed by atoms with Gasteiger partial charge < -0.3 is 4.90 Å². The quantitative estimate of drug-likeness (QED) is 0.693. The number of sulfonamides is 1. The Balaban J connectivity index is 1.54. The van der Waals surface area contributed by atoms with Crippen LogP contribution in [0.3, 0.4) is 0 Å². The Hall–Kier alpha value is -2.58. The van der Waals surface area contributed by atoms with Crippen molar-refractivity contribution in [1.82, 2.24) is 9.21 Å². The third kappa shape index (κ3) is 4.45. The molecule has 148 valence electrons. The van der Waals surface area contributed by atoms with Gasteiger partial charge in [-0.05, 0) is 12.1 Å². The van der Waals surface area contributed by atoms with Crippen LogP contribution in [-0.4, -0.2) is 55.5 Å². The number of amides is 1. The minimum absolute atomic E-state index is 0.0772. The van der Waals surface area contributed by atoms with Crippen LogP contribution in [0.2, 0.25) is 0 Å². The molecule has 0 atom stereocenters. The highest BCUT2D eigenvalue weighted by Gasteiger charge is 2.31. The van der Waals surface area contributed by atoms with Gasteiger partial charge in [0.25, 0.3) is 0 Å². The summed E-state index contributed by atoms with van der Waals surface area (Å²) < 4.78 is 40.2. The third-order valence-electron chi connectivity index (χ3n) is 4.71. The van der Waals surface area contributed by atoms with Crippen molar-refractivity contribution in [2.45, 2.75) is 17.7 Å². The maximum atomic E-state index is 13.9. The summed E-state index contributed by atoms with van der Waals surface area (Å²) in [5.74, 6) is -1.08. The summed E-state index contributed by atoms with van der Waals surface area (Å²) in [7, 11) is -3.94. The lowest BCUT2D eigenvalue weighted by molar-refractivity contribution is -0.132. The molecule has 1 heterocycles. The van der Waals surface area contributed by atoms with Gasteiger partial charge in [-0.25, -0.2) is 12.8 Å². The first-order valence-corrected chi connectivity index (χ1v) is 10.4. The molecule has 1 aliphatic rings. The maximum absolute atomic E-state index is 13.9. The van der Waals surface area contributed by atoms with Crippen molar-refractivity contribution in [3.63, 3.8) is 0 Å². The largest absolute Gasteiger partial charge is 0.340 e. The van der Waals surface area contributed by atoms with Crippen molar-refractivity contribution in [3.05, 3.63) is 66.0 Å². The second-order valence-corrected chi connectivity index (χ2v) is 8.41. The zero-order valence-corrected chi connectivity index (χ0v) is 16.1. The summed E-state index contributed by atoms with van der Waals surface area (Å²) in [5.41, 5.74) is 0.566. The van der Waals surface area contributed by atoms with E-state index in [-0.39, 0.29) is 55.6 Å². The van der Waals surface area contributed by atoms with Gasteiger partial charge in [-0.15, -0.1) is 0 Å². The molecule has 2 aromatic carbocycles. The number of hydrogen-bond donors (Lipinski definition) is 0. The molecular formula is C20H21FN2O4S. The van der Waals surface area contributed by atoms with E-state index in [1.54, 1.807) is 29.2 Å². The van der Waals surface area contributed by atoms with Crippen LogP contribution in [0.4, 0.5) is 4.39 Å². The van der Waals surface area contributed by atoms with Gasteiger partial charge >= 0.3 is 0 Å². The minimum Gasteiger partial charge on any atom is -0.340 e. The predicted molar refractivity (Wildman–Crippen MR) is 102 cm³/mol. The highest BCUT2D eigenvalue weighted by atomic mass is 32.2. The van der Waals surface area contributed by atoms with Crippen LogP contribution in [0.1, 0.15) is 23.2 Å². The third-order valence-corrected chi connectivity index (χ3v) is 6.64. The molecule has 0 aliphatic carbocycles. The van der Waals surface area contributed by atoms with Crippen LogP contribution >= 0.6 is 0 Å². The van der Waals surface area contributed by atoms with E-state index >= 15 is 0 Å². The molecule has 8 heteroatoms. The number of Topliss-reactive ketones (excluding diaryl/α,β-unsaturated/α-hetero) is 1. The predicted octanol–water partition coefficient (Wildman–Crippen LogP) is 2.32. The average molecular weight is 404 g/mol. The second-order valence-electron chi connectivity index (χ2n) is 6.50. The zero-order chi connectivity index (χ0) is 20.1. The standard InChI is InChI=1S/C20H21FN2O4S/c21-17-8-4-5-9-19(17)28(26,27)23-14-12-22(13-15-23)20(25)11-10-18(24)16-6-2-1-3-7-16/h1-9H,10-15H2. The van der Waals surface area contributed by atoms with Gasteiger partial charge in [0.1, 0.15) is 10.7 Å². The minimum atomic E-state index is -3.94. The summed E-state index contributed by atoms with van der Waals surface area (Å²) in [6.07, 6.45) is 0.185. The fourth-order valence-electron chi connectivity index (χ4n) is 3.12. The van der Waals surface area contributed by atoms with Crippen molar-refractivity contribution in [2.24, 2.45) is 0 Å². The number of rotatable bonds is 6. The Kier molecular flexibility index (Phi) is 6.21. The highest BCUT2D eigenvalue weighted by molar-refractivity contribution is 7.89. The molecule has 0 spiro atoms. The van der Waals surface area contributed by atoms with Gasteiger partial charge in [0, 0.05) is 44.6 Å². The Morgan fingerprint density at radius 3 is 2.11 bits per heavy atom. The van der Waals surface area contributed by atoms with E-state index in [1.807, 2.05) is 6.07 Å². The summed E-state index contributed by atoms with van der Waals surface area (Å²) in [6, 6.07) is 14.0. The molecule has 2 aromatic rings. The Bertz CT molecular complexity index is 955. The fraction of sp³-hybridized carbons (Fsp3) is 0.300. The highest BCUT2D eigenvalue weighted by Crippen LogP contribution is 2.20. The fourth-order valence-corrected chi connectivity index (χ4v) is 4.61. The number of carbonyl (C=O) groups excluding carboxylic acids is 2. The van der Waals surface area contributed by atoms with Crippen LogP contribution in [0.5, 0.6) is 0 Å². The summed E-state index contributed by atoms with van der Waals surface area (Å²) in [4.78, 5) is 25.7. The van der Waals surface area contributed by atoms with Crippen LogP contribution in [0, 0.1) is 5.82 Å². The van der Waals surface area contributed by atoms with Crippen LogP contribution in [0.25, 0.3) is 0 Å². The Morgan fingerprint density at radius 1 is 0.857 bits per heavy atom. The molecule has 3 rings (SSSR count). The van der Waals surface area contributed by atoms with Crippen molar-refractivity contribution < 1.29 is 22.4 Å². The zero-order valence-electron chi connectivity index (χ0n) is 15.3. The number of nitrogens with zero attached hydrogens (tertiary/aromatic N) is 2. The first kappa shape index (κ1) is 20.2. The van der Waals surface area contributed by atoms with E-state index in [4.69, 9.17) is 0 Å². The second kappa shape index (κ2) is 8.62. The number of benzene rings is 2. The van der Waals surface area contributed by atoms with Crippen LogP contribution < -0.4 is 0 Å². The van der Waals surface area contributed by atoms with E-state index in [0.717, 1.165) is 6.07 Å². The normalized spacial score (nSPS) is 15.4. The topological polar surface area (TPSA) is 74.8 Å². The molecule has 0 bridgehead atoms. The number of hydrogen-bond acceptors (Lipinski definition) is 4. The molecule has 0 aromatic heterocycles. The molecule has 1 saturated heterocycles. The van der Waals surface area contributed by atoms with Crippen molar-refractivity contribution in [1.29, 1.82) is 0 Å². The molecule has 0 radical (unpaired) electrons. The number of piperazine rings is 1. The maximum Gasteiger partial charge on any atom is 0.246 e. The van der Waals surface area contributed by atoms with Gasteiger partial charge in [-0.3, -0.25) is 9.59 Å².